The number of carbonyl (C=O) groups is 1. The summed E-state index contributed by atoms with van der Waals surface area (Å²) >= 11 is 0. The van der Waals surface area contributed by atoms with Crippen LogP contribution in [0.25, 0.3) is 0 Å². The zero-order chi connectivity index (χ0) is 12.2. The molecular formula is C12H15N3O. The lowest BCUT2D eigenvalue weighted by atomic mass is 10.1. The van der Waals surface area contributed by atoms with Crippen molar-refractivity contribution in [1.29, 1.82) is 5.26 Å². The monoisotopic (exact) mass is 217 g/mol. The van der Waals surface area contributed by atoms with Gasteiger partial charge in [-0.2, -0.15) is 5.26 Å². The number of nitriles is 1. The second-order valence-electron chi connectivity index (χ2n) is 4.36. The minimum absolute atomic E-state index is 0.178. The van der Waals surface area contributed by atoms with Gasteiger partial charge in [0.1, 0.15) is 0 Å². The van der Waals surface area contributed by atoms with Crippen LogP contribution in [-0.2, 0) is 0 Å². The molecule has 0 aliphatic carbocycles. The summed E-state index contributed by atoms with van der Waals surface area (Å²) in [6.07, 6.45) is 0. The molecule has 84 valence electrons. The van der Waals surface area contributed by atoms with Gasteiger partial charge in [-0.25, -0.2) is 0 Å². The van der Waals surface area contributed by atoms with Crippen molar-refractivity contribution in [2.75, 3.05) is 6.54 Å². The normalized spacial score (nSPS) is 10.6. The maximum Gasteiger partial charge on any atom is 0.251 e. The smallest absolute Gasteiger partial charge is 0.251 e. The topological polar surface area (TPSA) is 78.9 Å². The zero-order valence-corrected chi connectivity index (χ0v) is 9.45. The molecule has 0 saturated heterocycles. The molecule has 1 aromatic rings. The first-order chi connectivity index (χ1) is 7.42. The Morgan fingerprint density at radius 3 is 2.44 bits per heavy atom. The number of hydrogen-bond donors (Lipinski definition) is 2. The van der Waals surface area contributed by atoms with Crippen LogP contribution in [-0.4, -0.2) is 18.0 Å². The van der Waals surface area contributed by atoms with Crippen LogP contribution in [0.2, 0.25) is 0 Å². The van der Waals surface area contributed by atoms with Gasteiger partial charge < -0.3 is 11.1 Å². The lowest BCUT2D eigenvalue weighted by molar-refractivity contribution is 0.0946. The molecule has 4 nitrogen and oxygen atoms in total. The molecule has 1 rings (SSSR count). The Kier molecular flexibility index (Phi) is 3.64. The van der Waals surface area contributed by atoms with Crippen molar-refractivity contribution in [2.45, 2.75) is 19.4 Å². The summed E-state index contributed by atoms with van der Waals surface area (Å²) in [4.78, 5) is 11.6. The third-order valence-electron chi connectivity index (χ3n) is 1.98. The minimum atomic E-state index is -0.428. The van der Waals surface area contributed by atoms with E-state index < -0.39 is 5.54 Å². The number of benzene rings is 1. The predicted octanol–water partition coefficient (Wildman–Crippen LogP) is 1.03. The SMILES string of the molecule is CC(C)(N)CNC(=O)c1ccc(C#N)cc1. The van der Waals surface area contributed by atoms with Crippen LogP contribution in [0.15, 0.2) is 24.3 Å². The van der Waals surface area contributed by atoms with Crippen molar-refractivity contribution >= 4 is 5.91 Å². The lowest BCUT2D eigenvalue weighted by Crippen LogP contribution is -2.45. The van der Waals surface area contributed by atoms with Crippen molar-refractivity contribution in [3.05, 3.63) is 35.4 Å². The fourth-order valence-electron chi connectivity index (χ4n) is 1.11. The van der Waals surface area contributed by atoms with Crippen molar-refractivity contribution < 1.29 is 4.79 Å². The van der Waals surface area contributed by atoms with E-state index in [1.807, 2.05) is 19.9 Å². The van der Waals surface area contributed by atoms with E-state index >= 15 is 0 Å². The fraction of sp³-hybridized carbons (Fsp3) is 0.333. The van der Waals surface area contributed by atoms with E-state index in [0.717, 1.165) is 0 Å². The van der Waals surface area contributed by atoms with Gasteiger partial charge in [-0.3, -0.25) is 4.79 Å². The first-order valence-corrected chi connectivity index (χ1v) is 4.99. The van der Waals surface area contributed by atoms with E-state index in [1.54, 1.807) is 24.3 Å². The molecule has 0 bridgehead atoms. The van der Waals surface area contributed by atoms with Crippen LogP contribution in [0.3, 0.4) is 0 Å². The fourth-order valence-corrected chi connectivity index (χ4v) is 1.11. The molecular weight excluding hydrogens is 202 g/mol. The predicted molar refractivity (Wildman–Crippen MR) is 61.8 cm³/mol. The third kappa shape index (κ3) is 3.71. The zero-order valence-electron chi connectivity index (χ0n) is 9.45. The minimum Gasteiger partial charge on any atom is -0.350 e. The molecule has 0 heterocycles. The number of nitrogens with one attached hydrogen (secondary N) is 1. The summed E-state index contributed by atoms with van der Waals surface area (Å²) in [6.45, 7) is 4.09. The van der Waals surface area contributed by atoms with E-state index in [4.69, 9.17) is 11.0 Å². The van der Waals surface area contributed by atoms with Crippen LogP contribution >= 0.6 is 0 Å². The summed E-state index contributed by atoms with van der Waals surface area (Å²) < 4.78 is 0. The van der Waals surface area contributed by atoms with Crippen LogP contribution in [0.4, 0.5) is 0 Å². The van der Waals surface area contributed by atoms with Crippen LogP contribution < -0.4 is 11.1 Å². The Balaban J connectivity index is 2.64. The molecule has 0 unspecified atom stereocenters. The molecule has 4 heteroatoms. The summed E-state index contributed by atoms with van der Waals surface area (Å²) in [5, 5.41) is 11.3. The highest BCUT2D eigenvalue weighted by molar-refractivity contribution is 5.94. The van der Waals surface area contributed by atoms with Crippen molar-refractivity contribution in [2.24, 2.45) is 5.73 Å². The molecule has 0 aliphatic rings. The number of nitrogens with two attached hydrogens (primary N) is 1. The summed E-state index contributed by atoms with van der Waals surface area (Å²) in [6, 6.07) is 8.47. The van der Waals surface area contributed by atoms with Gasteiger partial charge in [0.2, 0.25) is 0 Å². The van der Waals surface area contributed by atoms with Crippen molar-refractivity contribution in [1.82, 2.24) is 5.32 Å². The highest BCUT2D eigenvalue weighted by Gasteiger charge is 2.13. The van der Waals surface area contributed by atoms with Gasteiger partial charge in [-0.05, 0) is 38.1 Å². The highest BCUT2D eigenvalue weighted by Crippen LogP contribution is 2.03. The molecule has 0 fully saturated rings. The van der Waals surface area contributed by atoms with E-state index in [2.05, 4.69) is 5.32 Å². The van der Waals surface area contributed by atoms with Gasteiger partial charge in [0.15, 0.2) is 0 Å². The molecule has 0 aliphatic heterocycles. The average Bonchev–Trinajstić information content (AvgIpc) is 2.25. The van der Waals surface area contributed by atoms with Gasteiger partial charge >= 0.3 is 0 Å². The molecule has 1 aromatic carbocycles. The average molecular weight is 217 g/mol. The quantitative estimate of drug-likeness (QED) is 0.793. The second kappa shape index (κ2) is 4.77. The summed E-state index contributed by atoms with van der Waals surface area (Å²) in [5.41, 5.74) is 6.39. The maximum atomic E-state index is 11.6. The number of carbonyl (C=O) groups excluding carboxylic acids is 1. The van der Waals surface area contributed by atoms with Crippen molar-refractivity contribution in [3.63, 3.8) is 0 Å². The number of amides is 1. The van der Waals surface area contributed by atoms with Crippen molar-refractivity contribution in [3.8, 4) is 6.07 Å². The van der Waals surface area contributed by atoms with Crippen LogP contribution in [0.5, 0.6) is 0 Å². The molecule has 0 radical (unpaired) electrons. The third-order valence-corrected chi connectivity index (χ3v) is 1.98. The molecule has 3 N–H and O–H groups in total. The molecule has 0 aromatic heterocycles. The maximum absolute atomic E-state index is 11.6. The molecule has 0 atom stereocenters. The first-order valence-electron chi connectivity index (χ1n) is 4.99. The molecule has 1 amide bonds. The second-order valence-corrected chi connectivity index (χ2v) is 4.36. The Bertz CT molecular complexity index is 409. The largest absolute Gasteiger partial charge is 0.350 e. The van der Waals surface area contributed by atoms with Gasteiger partial charge in [-0.1, -0.05) is 0 Å². The Morgan fingerprint density at radius 1 is 1.44 bits per heavy atom. The first kappa shape index (κ1) is 12.2. The van der Waals surface area contributed by atoms with Gasteiger partial charge in [0, 0.05) is 17.6 Å². The van der Waals surface area contributed by atoms with E-state index in [-0.39, 0.29) is 5.91 Å². The number of nitrogens with zero attached hydrogens (tertiary/aromatic N) is 1. The summed E-state index contributed by atoms with van der Waals surface area (Å²) in [7, 11) is 0. The van der Waals surface area contributed by atoms with Crippen LogP contribution in [0, 0.1) is 11.3 Å². The van der Waals surface area contributed by atoms with Gasteiger partial charge in [0.25, 0.3) is 5.91 Å². The molecule has 0 saturated carbocycles. The van der Waals surface area contributed by atoms with E-state index in [0.29, 0.717) is 17.7 Å². The Labute approximate surface area is 95.1 Å². The summed E-state index contributed by atoms with van der Waals surface area (Å²) in [5.74, 6) is -0.178. The lowest BCUT2D eigenvalue weighted by Gasteiger charge is -2.18. The standard InChI is InChI=1S/C12H15N3O/c1-12(2,14)8-15-11(16)10-5-3-9(7-13)4-6-10/h3-6H,8,14H2,1-2H3,(H,15,16). The molecule has 0 spiro atoms. The Morgan fingerprint density at radius 2 is 2.00 bits per heavy atom. The van der Waals surface area contributed by atoms with E-state index in [1.165, 1.54) is 0 Å². The Hall–Kier alpha value is -1.86. The number of rotatable bonds is 3. The van der Waals surface area contributed by atoms with Gasteiger partial charge in [-0.15, -0.1) is 0 Å². The molecule has 16 heavy (non-hydrogen) atoms. The van der Waals surface area contributed by atoms with Crippen LogP contribution in [0.1, 0.15) is 29.8 Å². The number of hydrogen-bond acceptors (Lipinski definition) is 3. The highest BCUT2D eigenvalue weighted by atomic mass is 16.1. The van der Waals surface area contributed by atoms with Gasteiger partial charge in [0.05, 0.1) is 11.6 Å². The van der Waals surface area contributed by atoms with E-state index in [9.17, 15) is 4.79 Å².